The number of piperidine rings is 1. The summed E-state index contributed by atoms with van der Waals surface area (Å²) < 4.78 is 5.53. The molecule has 0 bridgehead atoms. The van der Waals surface area contributed by atoms with Gasteiger partial charge in [0.25, 0.3) is 0 Å². The van der Waals surface area contributed by atoms with E-state index >= 15 is 0 Å². The second-order valence-electron chi connectivity index (χ2n) is 4.26. The van der Waals surface area contributed by atoms with Crippen molar-refractivity contribution >= 4 is 12.4 Å². The molecule has 1 fully saturated rings. The smallest absolute Gasteiger partial charge is 0.316 e. The average molecular weight is 258 g/mol. The molecule has 5 heteroatoms. The van der Waals surface area contributed by atoms with Gasteiger partial charge in [-0.1, -0.05) is 6.42 Å². The molecule has 17 heavy (non-hydrogen) atoms. The third-order valence-electron chi connectivity index (χ3n) is 2.88. The van der Waals surface area contributed by atoms with Gasteiger partial charge in [0, 0.05) is 17.9 Å². The molecule has 0 radical (unpaired) electrons. The molecular weight excluding hydrogens is 238 g/mol. The van der Waals surface area contributed by atoms with Crippen molar-refractivity contribution in [1.29, 1.82) is 0 Å². The fourth-order valence-corrected chi connectivity index (χ4v) is 1.96. The maximum absolute atomic E-state index is 5.53. The number of halogens is 1. The van der Waals surface area contributed by atoms with Crippen LogP contribution in [0.15, 0.2) is 12.3 Å². The van der Waals surface area contributed by atoms with E-state index < -0.39 is 0 Å². The van der Waals surface area contributed by atoms with Crippen molar-refractivity contribution in [3.05, 3.63) is 18.0 Å². The SMILES string of the molecule is Cc1ccnc(OCCC2CCCCN2)n1.Cl. The van der Waals surface area contributed by atoms with Crippen LogP contribution in [0.4, 0.5) is 0 Å². The van der Waals surface area contributed by atoms with E-state index in [9.17, 15) is 0 Å². The van der Waals surface area contributed by atoms with Crippen LogP contribution in [0.5, 0.6) is 6.01 Å². The molecular formula is C12H20ClN3O. The van der Waals surface area contributed by atoms with Crippen LogP contribution >= 0.6 is 12.4 Å². The van der Waals surface area contributed by atoms with Crippen LogP contribution in [0.2, 0.25) is 0 Å². The van der Waals surface area contributed by atoms with E-state index in [-0.39, 0.29) is 12.4 Å². The number of nitrogens with one attached hydrogen (secondary N) is 1. The maximum Gasteiger partial charge on any atom is 0.316 e. The van der Waals surface area contributed by atoms with Gasteiger partial charge >= 0.3 is 6.01 Å². The third-order valence-corrected chi connectivity index (χ3v) is 2.88. The van der Waals surface area contributed by atoms with Gasteiger partial charge in [0.05, 0.1) is 6.61 Å². The molecule has 4 nitrogen and oxygen atoms in total. The van der Waals surface area contributed by atoms with Crippen molar-refractivity contribution in [2.24, 2.45) is 0 Å². The molecule has 1 unspecified atom stereocenters. The Balaban J connectivity index is 0.00000144. The van der Waals surface area contributed by atoms with E-state index in [0.717, 1.165) is 18.7 Å². The first-order valence-corrected chi connectivity index (χ1v) is 6.00. The molecule has 0 spiro atoms. The standard InChI is InChI=1S/C12H19N3O.ClH/c1-10-5-8-14-12(15-10)16-9-6-11-4-2-3-7-13-11;/h5,8,11,13H,2-4,6-7,9H2,1H3;1H. The van der Waals surface area contributed by atoms with Crippen molar-refractivity contribution in [3.63, 3.8) is 0 Å². The van der Waals surface area contributed by atoms with E-state index in [0.29, 0.717) is 18.7 Å². The van der Waals surface area contributed by atoms with E-state index in [1.807, 2.05) is 13.0 Å². The zero-order valence-electron chi connectivity index (χ0n) is 10.2. The second kappa shape index (κ2) is 7.45. The Bertz CT molecular complexity index is 329. The van der Waals surface area contributed by atoms with Gasteiger partial charge in [-0.05, 0) is 38.8 Å². The lowest BCUT2D eigenvalue weighted by Crippen LogP contribution is -2.35. The van der Waals surface area contributed by atoms with Crippen molar-refractivity contribution in [1.82, 2.24) is 15.3 Å². The molecule has 2 rings (SSSR count). The number of hydrogen-bond acceptors (Lipinski definition) is 4. The van der Waals surface area contributed by atoms with Crippen LogP contribution in [0.25, 0.3) is 0 Å². The van der Waals surface area contributed by atoms with Crippen LogP contribution in [-0.2, 0) is 0 Å². The number of aromatic nitrogens is 2. The first-order valence-electron chi connectivity index (χ1n) is 6.00. The molecule has 1 aliphatic rings. The summed E-state index contributed by atoms with van der Waals surface area (Å²) in [5.74, 6) is 0. The summed E-state index contributed by atoms with van der Waals surface area (Å²) >= 11 is 0. The monoisotopic (exact) mass is 257 g/mol. The van der Waals surface area contributed by atoms with Crippen LogP contribution in [-0.4, -0.2) is 29.2 Å². The Morgan fingerprint density at radius 2 is 2.35 bits per heavy atom. The Kier molecular flexibility index (Phi) is 6.22. The van der Waals surface area contributed by atoms with Gasteiger partial charge in [0.1, 0.15) is 0 Å². The molecule has 1 aromatic rings. The fraction of sp³-hybridized carbons (Fsp3) is 0.667. The Hall–Kier alpha value is -0.870. The largest absolute Gasteiger partial charge is 0.463 e. The third kappa shape index (κ3) is 4.88. The number of nitrogens with zero attached hydrogens (tertiary/aromatic N) is 2. The lowest BCUT2D eigenvalue weighted by molar-refractivity contribution is 0.251. The summed E-state index contributed by atoms with van der Waals surface area (Å²) in [6, 6.07) is 2.98. The van der Waals surface area contributed by atoms with E-state index in [4.69, 9.17) is 4.74 Å². The summed E-state index contributed by atoms with van der Waals surface area (Å²) in [5.41, 5.74) is 0.945. The molecule has 96 valence electrons. The minimum Gasteiger partial charge on any atom is -0.463 e. The predicted octanol–water partition coefficient (Wildman–Crippen LogP) is 2.12. The maximum atomic E-state index is 5.53. The van der Waals surface area contributed by atoms with Crippen LogP contribution in [0.1, 0.15) is 31.4 Å². The normalized spacial score (nSPS) is 19.5. The molecule has 1 atom stereocenters. The summed E-state index contributed by atoms with van der Waals surface area (Å²) in [7, 11) is 0. The first-order chi connectivity index (χ1) is 7.84. The van der Waals surface area contributed by atoms with Crippen molar-refractivity contribution in [2.45, 2.75) is 38.6 Å². The van der Waals surface area contributed by atoms with Crippen molar-refractivity contribution in [3.8, 4) is 6.01 Å². The number of aryl methyl sites for hydroxylation is 1. The molecule has 1 aromatic heterocycles. The highest BCUT2D eigenvalue weighted by Gasteiger charge is 2.12. The fourth-order valence-electron chi connectivity index (χ4n) is 1.96. The number of hydrogen-bond donors (Lipinski definition) is 1. The van der Waals surface area contributed by atoms with Gasteiger partial charge in [-0.25, -0.2) is 9.97 Å². The zero-order valence-corrected chi connectivity index (χ0v) is 11.0. The summed E-state index contributed by atoms with van der Waals surface area (Å²) in [6.07, 6.45) is 6.67. The van der Waals surface area contributed by atoms with Gasteiger partial charge in [0.15, 0.2) is 0 Å². The highest BCUT2D eigenvalue weighted by Crippen LogP contribution is 2.10. The van der Waals surface area contributed by atoms with Gasteiger partial charge in [-0.2, -0.15) is 0 Å². The Morgan fingerprint density at radius 3 is 3.06 bits per heavy atom. The van der Waals surface area contributed by atoms with Crippen LogP contribution in [0, 0.1) is 6.92 Å². The number of ether oxygens (including phenoxy) is 1. The van der Waals surface area contributed by atoms with Gasteiger partial charge in [-0.3, -0.25) is 0 Å². The van der Waals surface area contributed by atoms with E-state index in [2.05, 4.69) is 15.3 Å². The van der Waals surface area contributed by atoms with E-state index in [1.54, 1.807) is 6.20 Å². The predicted molar refractivity (Wildman–Crippen MR) is 69.8 cm³/mol. The molecule has 1 saturated heterocycles. The molecule has 1 N–H and O–H groups in total. The lowest BCUT2D eigenvalue weighted by atomic mass is 10.0. The Morgan fingerprint density at radius 1 is 1.47 bits per heavy atom. The van der Waals surface area contributed by atoms with Crippen LogP contribution < -0.4 is 10.1 Å². The Labute approximate surface area is 109 Å². The molecule has 1 aliphatic heterocycles. The molecule has 0 aromatic carbocycles. The molecule has 0 amide bonds. The zero-order chi connectivity index (χ0) is 11.2. The van der Waals surface area contributed by atoms with E-state index in [1.165, 1.54) is 19.3 Å². The lowest BCUT2D eigenvalue weighted by Gasteiger charge is -2.22. The van der Waals surface area contributed by atoms with Crippen molar-refractivity contribution < 1.29 is 4.74 Å². The molecule has 2 heterocycles. The van der Waals surface area contributed by atoms with Gasteiger partial charge in [-0.15, -0.1) is 12.4 Å². The number of rotatable bonds is 4. The summed E-state index contributed by atoms with van der Waals surface area (Å²) in [4.78, 5) is 8.27. The summed E-state index contributed by atoms with van der Waals surface area (Å²) in [6.45, 7) is 3.78. The minimum atomic E-state index is 0. The topological polar surface area (TPSA) is 47.0 Å². The van der Waals surface area contributed by atoms with Crippen molar-refractivity contribution in [2.75, 3.05) is 13.2 Å². The highest BCUT2D eigenvalue weighted by atomic mass is 35.5. The molecule has 0 aliphatic carbocycles. The first kappa shape index (κ1) is 14.2. The quantitative estimate of drug-likeness (QED) is 0.898. The summed E-state index contributed by atoms with van der Waals surface area (Å²) in [5, 5.41) is 3.50. The molecule has 0 saturated carbocycles. The highest BCUT2D eigenvalue weighted by molar-refractivity contribution is 5.85. The van der Waals surface area contributed by atoms with Gasteiger partial charge in [0.2, 0.25) is 0 Å². The minimum absolute atomic E-state index is 0. The average Bonchev–Trinajstić information content (AvgIpc) is 2.30. The van der Waals surface area contributed by atoms with Gasteiger partial charge < -0.3 is 10.1 Å². The second-order valence-corrected chi connectivity index (χ2v) is 4.26. The van der Waals surface area contributed by atoms with Crippen LogP contribution in [0.3, 0.4) is 0 Å².